The summed E-state index contributed by atoms with van der Waals surface area (Å²) in [5.41, 5.74) is 2.27. The van der Waals surface area contributed by atoms with Gasteiger partial charge in [-0.05, 0) is 25.1 Å². The highest BCUT2D eigenvalue weighted by atomic mass is 79.9. The molecule has 0 radical (unpaired) electrons. The molecule has 1 aromatic carbocycles. The molecule has 4 nitrogen and oxygen atoms in total. The van der Waals surface area contributed by atoms with Gasteiger partial charge in [0, 0.05) is 49.3 Å². The number of nitrogens with zero attached hydrogens (tertiary/aromatic N) is 3. The molecule has 0 bridgehead atoms. The summed E-state index contributed by atoms with van der Waals surface area (Å²) in [6, 6.07) is 6.81. The van der Waals surface area contributed by atoms with E-state index >= 15 is 0 Å². The molecule has 0 spiro atoms. The zero-order chi connectivity index (χ0) is 13.2. The van der Waals surface area contributed by atoms with Crippen molar-refractivity contribution in [2.45, 2.75) is 19.4 Å². The molecule has 3 rings (SSSR count). The molecule has 1 fully saturated rings. The Morgan fingerprint density at radius 3 is 2.89 bits per heavy atom. The molecule has 0 amide bonds. The number of benzene rings is 1. The van der Waals surface area contributed by atoms with Gasteiger partial charge in [0.1, 0.15) is 0 Å². The molecule has 2 heterocycles. The van der Waals surface area contributed by atoms with Gasteiger partial charge in [-0.1, -0.05) is 15.9 Å². The molecule has 0 aromatic heterocycles. The summed E-state index contributed by atoms with van der Waals surface area (Å²) in [7, 11) is 0. The van der Waals surface area contributed by atoms with Crippen LogP contribution in [-0.2, 0) is 0 Å². The number of piperazine rings is 1. The highest BCUT2D eigenvalue weighted by molar-refractivity contribution is 9.10. The quantitative estimate of drug-likeness (QED) is 0.862. The lowest BCUT2D eigenvalue weighted by atomic mass is 10.2. The van der Waals surface area contributed by atoms with Crippen molar-refractivity contribution in [3.05, 3.63) is 22.7 Å². The van der Waals surface area contributed by atoms with E-state index in [0.29, 0.717) is 6.04 Å². The molecule has 2 aliphatic rings. The molecular formula is C14H19BrN4. The first-order chi connectivity index (χ1) is 9.25. The first kappa shape index (κ1) is 13.1. The minimum atomic E-state index is 0.448. The van der Waals surface area contributed by atoms with Gasteiger partial charge in [0.25, 0.3) is 0 Å². The molecule has 5 heteroatoms. The largest absolute Gasteiger partial charge is 0.314 e. The lowest BCUT2D eigenvalue weighted by Gasteiger charge is -2.42. The average molecular weight is 323 g/mol. The highest BCUT2D eigenvalue weighted by Gasteiger charge is 2.26. The number of hydrogen-bond donors (Lipinski definition) is 1. The second-order valence-corrected chi connectivity index (χ2v) is 5.99. The third-order valence-corrected chi connectivity index (χ3v) is 4.17. The Bertz CT molecular complexity index is 482. The van der Waals surface area contributed by atoms with E-state index in [4.69, 9.17) is 0 Å². The summed E-state index contributed by atoms with van der Waals surface area (Å²) >= 11 is 3.53. The fraction of sp³-hybridized carbons (Fsp3) is 0.500. The van der Waals surface area contributed by atoms with Crippen molar-refractivity contribution < 1.29 is 0 Å². The summed E-state index contributed by atoms with van der Waals surface area (Å²) in [5.74, 6) is 0. The summed E-state index contributed by atoms with van der Waals surface area (Å²) in [6.07, 6.45) is 3.02. The second kappa shape index (κ2) is 5.61. The zero-order valence-electron chi connectivity index (χ0n) is 11.1. The monoisotopic (exact) mass is 322 g/mol. The fourth-order valence-corrected chi connectivity index (χ4v) is 3.08. The van der Waals surface area contributed by atoms with Gasteiger partial charge in [-0.2, -0.15) is 0 Å². The van der Waals surface area contributed by atoms with E-state index in [2.05, 4.69) is 61.4 Å². The molecule has 1 unspecified atom stereocenters. The minimum absolute atomic E-state index is 0.448. The molecule has 1 atom stereocenters. The standard InChI is InChI=1S/C14H19BrN4/c1-11-4-5-17-13-10-12(15)2-3-14(13)19(11)18-8-6-16-7-9-18/h2-3,5,10-11,16H,4,6-9H2,1H3. The van der Waals surface area contributed by atoms with Crippen molar-refractivity contribution in [1.29, 1.82) is 0 Å². The van der Waals surface area contributed by atoms with Gasteiger partial charge in [-0.3, -0.25) is 4.99 Å². The fourth-order valence-electron chi connectivity index (χ4n) is 2.73. The Kier molecular flexibility index (Phi) is 3.86. The van der Waals surface area contributed by atoms with Crippen molar-refractivity contribution in [2.24, 2.45) is 4.99 Å². The van der Waals surface area contributed by atoms with Gasteiger partial charge in [-0.15, -0.1) is 0 Å². The maximum atomic E-state index is 4.60. The van der Waals surface area contributed by atoms with Crippen molar-refractivity contribution in [3.63, 3.8) is 0 Å². The van der Waals surface area contributed by atoms with Crippen LogP contribution in [0.4, 0.5) is 11.4 Å². The van der Waals surface area contributed by atoms with Crippen LogP contribution in [0.5, 0.6) is 0 Å². The third kappa shape index (κ3) is 2.68. The predicted molar refractivity (Wildman–Crippen MR) is 83.3 cm³/mol. The zero-order valence-corrected chi connectivity index (χ0v) is 12.7. The number of anilines is 1. The van der Waals surface area contributed by atoms with Crippen LogP contribution in [0.15, 0.2) is 27.7 Å². The van der Waals surface area contributed by atoms with E-state index in [0.717, 1.165) is 42.8 Å². The van der Waals surface area contributed by atoms with Gasteiger partial charge >= 0.3 is 0 Å². The van der Waals surface area contributed by atoms with Gasteiger partial charge in [0.05, 0.1) is 11.4 Å². The Hall–Kier alpha value is -0.910. The lowest BCUT2D eigenvalue weighted by molar-refractivity contribution is 0.203. The van der Waals surface area contributed by atoms with Crippen molar-refractivity contribution in [1.82, 2.24) is 10.3 Å². The van der Waals surface area contributed by atoms with Crippen LogP contribution in [0.1, 0.15) is 13.3 Å². The van der Waals surface area contributed by atoms with Crippen LogP contribution in [0, 0.1) is 0 Å². The van der Waals surface area contributed by atoms with Crippen LogP contribution in [0.3, 0.4) is 0 Å². The number of hydrogen-bond acceptors (Lipinski definition) is 4. The Balaban J connectivity index is 1.98. The van der Waals surface area contributed by atoms with Crippen molar-refractivity contribution >= 4 is 33.5 Å². The van der Waals surface area contributed by atoms with Crippen LogP contribution >= 0.6 is 15.9 Å². The highest BCUT2D eigenvalue weighted by Crippen LogP contribution is 2.35. The Morgan fingerprint density at radius 1 is 1.32 bits per heavy atom. The van der Waals surface area contributed by atoms with Crippen LogP contribution in [-0.4, -0.2) is 43.4 Å². The summed E-state index contributed by atoms with van der Waals surface area (Å²) in [4.78, 5) is 4.60. The average Bonchev–Trinajstić information content (AvgIpc) is 2.58. The second-order valence-electron chi connectivity index (χ2n) is 5.08. The van der Waals surface area contributed by atoms with E-state index in [-0.39, 0.29) is 0 Å². The summed E-state index contributed by atoms with van der Waals surface area (Å²) < 4.78 is 1.08. The molecule has 19 heavy (non-hydrogen) atoms. The molecule has 1 N–H and O–H groups in total. The number of rotatable bonds is 1. The molecule has 0 aliphatic carbocycles. The van der Waals surface area contributed by atoms with Gasteiger partial charge in [0.2, 0.25) is 0 Å². The number of nitrogens with one attached hydrogen (secondary N) is 1. The Labute approximate surface area is 122 Å². The van der Waals surface area contributed by atoms with E-state index < -0.39 is 0 Å². The first-order valence-corrected chi connectivity index (χ1v) is 7.62. The normalized spacial score (nSPS) is 24.1. The van der Waals surface area contributed by atoms with Crippen LogP contribution in [0.25, 0.3) is 0 Å². The first-order valence-electron chi connectivity index (χ1n) is 6.82. The molecular weight excluding hydrogens is 304 g/mol. The number of halogens is 1. The SMILES string of the molecule is CC1CC=Nc2cc(Br)ccc2N1N1CCNCC1. The van der Waals surface area contributed by atoms with Gasteiger partial charge in [0.15, 0.2) is 0 Å². The Morgan fingerprint density at radius 2 is 2.11 bits per heavy atom. The molecule has 0 saturated carbocycles. The van der Waals surface area contributed by atoms with Gasteiger partial charge in [-0.25, -0.2) is 5.01 Å². The molecule has 1 aromatic rings. The minimum Gasteiger partial charge on any atom is -0.314 e. The lowest BCUT2D eigenvalue weighted by Crippen LogP contribution is -2.55. The van der Waals surface area contributed by atoms with Crippen molar-refractivity contribution in [3.8, 4) is 0 Å². The predicted octanol–water partition coefficient (Wildman–Crippen LogP) is 2.57. The maximum Gasteiger partial charge on any atom is 0.0884 e. The number of aliphatic imine (C=N–C) groups is 1. The molecule has 102 valence electrons. The van der Waals surface area contributed by atoms with Crippen LogP contribution in [0.2, 0.25) is 0 Å². The summed E-state index contributed by atoms with van der Waals surface area (Å²) in [6.45, 7) is 6.48. The smallest absolute Gasteiger partial charge is 0.0884 e. The van der Waals surface area contributed by atoms with E-state index in [1.165, 1.54) is 5.69 Å². The van der Waals surface area contributed by atoms with E-state index in [1.54, 1.807) is 0 Å². The maximum absolute atomic E-state index is 4.60. The van der Waals surface area contributed by atoms with E-state index in [9.17, 15) is 0 Å². The van der Waals surface area contributed by atoms with E-state index in [1.807, 2.05) is 6.21 Å². The van der Waals surface area contributed by atoms with Gasteiger partial charge < -0.3 is 10.3 Å². The van der Waals surface area contributed by atoms with Crippen LogP contribution < -0.4 is 10.3 Å². The molecule has 1 saturated heterocycles. The topological polar surface area (TPSA) is 30.9 Å². The summed E-state index contributed by atoms with van der Waals surface area (Å²) in [5, 5.41) is 8.28. The number of hydrazine groups is 1. The molecule has 2 aliphatic heterocycles. The third-order valence-electron chi connectivity index (χ3n) is 3.68. The number of fused-ring (bicyclic) bond motifs is 1. The van der Waals surface area contributed by atoms with Crippen molar-refractivity contribution in [2.75, 3.05) is 31.2 Å².